The first-order valence-corrected chi connectivity index (χ1v) is 7.08. The molecule has 0 aliphatic heterocycles. The molecule has 1 aliphatic carbocycles. The summed E-state index contributed by atoms with van der Waals surface area (Å²) < 4.78 is 0. The second-order valence-electron chi connectivity index (χ2n) is 5.54. The van der Waals surface area contributed by atoms with E-state index >= 15 is 0 Å². The van der Waals surface area contributed by atoms with Crippen molar-refractivity contribution in [1.82, 2.24) is 5.32 Å². The zero-order valence-electron chi connectivity index (χ0n) is 11.2. The number of carbonyl (C=O) groups is 1. The van der Waals surface area contributed by atoms with E-state index in [1.54, 1.807) is 6.92 Å². The molecule has 1 aliphatic rings. The molecule has 2 atom stereocenters. The van der Waals surface area contributed by atoms with Gasteiger partial charge in [-0.15, -0.1) is 0 Å². The topological polar surface area (TPSA) is 49.3 Å². The van der Waals surface area contributed by atoms with E-state index in [1.807, 2.05) is 6.92 Å². The standard InChI is InChI=1S/C14H27NO2/c1-11(10-12(2)16)15-14(17)13-8-6-4-3-5-7-9-13/h11-13,16H,3-10H2,1-2H3,(H,15,17). The van der Waals surface area contributed by atoms with Gasteiger partial charge < -0.3 is 10.4 Å². The predicted octanol–water partition coefficient (Wildman–Crippen LogP) is 2.62. The van der Waals surface area contributed by atoms with Crippen molar-refractivity contribution in [2.75, 3.05) is 0 Å². The van der Waals surface area contributed by atoms with Crippen LogP contribution in [-0.4, -0.2) is 23.2 Å². The van der Waals surface area contributed by atoms with Gasteiger partial charge >= 0.3 is 0 Å². The largest absolute Gasteiger partial charge is 0.393 e. The highest BCUT2D eigenvalue weighted by Gasteiger charge is 2.20. The number of amides is 1. The fraction of sp³-hybridized carbons (Fsp3) is 0.929. The lowest BCUT2D eigenvalue weighted by atomic mass is 9.90. The average molecular weight is 241 g/mol. The van der Waals surface area contributed by atoms with Crippen molar-refractivity contribution in [1.29, 1.82) is 0 Å². The van der Waals surface area contributed by atoms with Gasteiger partial charge in [0.2, 0.25) is 5.91 Å². The molecule has 1 rings (SSSR count). The Morgan fingerprint density at radius 2 is 1.71 bits per heavy atom. The molecule has 3 nitrogen and oxygen atoms in total. The molecule has 3 heteroatoms. The summed E-state index contributed by atoms with van der Waals surface area (Å²) >= 11 is 0. The van der Waals surface area contributed by atoms with Crippen LogP contribution in [-0.2, 0) is 4.79 Å². The van der Waals surface area contributed by atoms with Crippen molar-refractivity contribution < 1.29 is 9.90 Å². The van der Waals surface area contributed by atoms with Crippen LogP contribution in [0.25, 0.3) is 0 Å². The lowest BCUT2D eigenvalue weighted by Gasteiger charge is -2.22. The van der Waals surface area contributed by atoms with E-state index in [2.05, 4.69) is 5.32 Å². The molecule has 0 radical (unpaired) electrons. The normalized spacial score (nSPS) is 22.3. The van der Waals surface area contributed by atoms with Crippen molar-refractivity contribution >= 4 is 5.91 Å². The molecule has 0 spiro atoms. The molecule has 0 aromatic carbocycles. The molecule has 1 saturated carbocycles. The van der Waals surface area contributed by atoms with E-state index in [0.29, 0.717) is 6.42 Å². The summed E-state index contributed by atoms with van der Waals surface area (Å²) in [6, 6.07) is 0.0768. The van der Waals surface area contributed by atoms with Crippen molar-refractivity contribution in [3.05, 3.63) is 0 Å². The zero-order valence-corrected chi connectivity index (χ0v) is 11.2. The van der Waals surface area contributed by atoms with Gasteiger partial charge in [0.1, 0.15) is 0 Å². The number of hydrogen-bond donors (Lipinski definition) is 2. The first kappa shape index (κ1) is 14.5. The van der Waals surface area contributed by atoms with Crippen LogP contribution in [0.2, 0.25) is 0 Å². The number of rotatable bonds is 4. The highest BCUT2D eigenvalue weighted by molar-refractivity contribution is 5.78. The fourth-order valence-corrected chi connectivity index (χ4v) is 2.65. The third-order valence-corrected chi connectivity index (χ3v) is 3.56. The Balaban J connectivity index is 2.33. The van der Waals surface area contributed by atoms with Crippen LogP contribution < -0.4 is 5.32 Å². The van der Waals surface area contributed by atoms with Gasteiger partial charge in [0, 0.05) is 12.0 Å². The summed E-state index contributed by atoms with van der Waals surface area (Å²) in [6.07, 6.45) is 8.60. The summed E-state index contributed by atoms with van der Waals surface area (Å²) in [5, 5.41) is 12.3. The summed E-state index contributed by atoms with van der Waals surface area (Å²) in [5.74, 6) is 0.395. The third kappa shape index (κ3) is 6.06. The zero-order chi connectivity index (χ0) is 12.7. The number of carbonyl (C=O) groups excluding carboxylic acids is 1. The van der Waals surface area contributed by atoms with Crippen molar-refractivity contribution in [3.8, 4) is 0 Å². The molecular formula is C14H27NO2. The first-order valence-electron chi connectivity index (χ1n) is 7.08. The second-order valence-corrected chi connectivity index (χ2v) is 5.54. The van der Waals surface area contributed by atoms with E-state index in [4.69, 9.17) is 0 Å². The number of nitrogens with one attached hydrogen (secondary N) is 1. The highest BCUT2D eigenvalue weighted by Crippen LogP contribution is 2.22. The summed E-state index contributed by atoms with van der Waals surface area (Å²) in [5.41, 5.74) is 0. The van der Waals surface area contributed by atoms with Crippen LogP contribution in [0, 0.1) is 5.92 Å². The van der Waals surface area contributed by atoms with E-state index in [-0.39, 0.29) is 24.0 Å². The lowest BCUT2D eigenvalue weighted by Crippen LogP contribution is -2.38. The van der Waals surface area contributed by atoms with Crippen LogP contribution in [0.1, 0.15) is 65.2 Å². The van der Waals surface area contributed by atoms with Crippen LogP contribution in [0.3, 0.4) is 0 Å². The minimum absolute atomic E-state index is 0.0768. The van der Waals surface area contributed by atoms with Gasteiger partial charge in [-0.05, 0) is 33.1 Å². The quantitative estimate of drug-likeness (QED) is 0.795. The SMILES string of the molecule is CC(O)CC(C)NC(=O)C1CCCCCCC1. The smallest absolute Gasteiger partial charge is 0.223 e. The molecule has 0 heterocycles. The van der Waals surface area contributed by atoms with Gasteiger partial charge in [-0.1, -0.05) is 32.1 Å². The van der Waals surface area contributed by atoms with Crippen LogP contribution >= 0.6 is 0 Å². The van der Waals surface area contributed by atoms with E-state index in [0.717, 1.165) is 12.8 Å². The monoisotopic (exact) mass is 241 g/mol. The fourth-order valence-electron chi connectivity index (χ4n) is 2.65. The molecular weight excluding hydrogens is 214 g/mol. The van der Waals surface area contributed by atoms with Crippen molar-refractivity contribution in [2.45, 2.75) is 77.4 Å². The van der Waals surface area contributed by atoms with Crippen LogP contribution in [0.4, 0.5) is 0 Å². The Hall–Kier alpha value is -0.570. The Kier molecular flexibility index (Phi) is 6.56. The summed E-state index contributed by atoms with van der Waals surface area (Å²) in [6.45, 7) is 3.73. The second kappa shape index (κ2) is 7.70. The molecule has 100 valence electrons. The first-order chi connectivity index (χ1) is 8.09. The lowest BCUT2D eigenvalue weighted by molar-refractivity contribution is -0.126. The van der Waals surface area contributed by atoms with Crippen LogP contribution in [0.5, 0.6) is 0 Å². The Morgan fingerprint density at radius 3 is 2.24 bits per heavy atom. The van der Waals surface area contributed by atoms with Crippen LogP contribution in [0.15, 0.2) is 0 Å². The summed E-state index contributed by atoms with van der Waals surface area (Å²) in [7, 11) is 0. The predicted molar refractivity (Wildman–Crippen MR) is 69.7 cm³/mol. The Labute approximate surface area is 105 Å². The maximum absolute atomic E-state index is 12.1. The highest BCUT2D eigenvalue weighted by atomic mass is 16.3. The van der Waals surface area contributed by atoms with Gasteiger partial charge in [0.15, 0.2) is 0 Å². The molecule has 17 heavy (non-hydrogen) atoms. The Bertz CT molecular complexity index is 220. The van der Waals surface area contributed by atoms with Crippen molar-refractivity contribution in [3.63, 3.8) is 0 Å². The van der Waals surface area contributed by atoms with Gasteiger partial charge in [0.05, 0.1) is 6.10 Å². The molecule has 2 unspecified atom stereocenters. The van der Waals surface area contributed by atoms with E-state index in [1.165, 1.54) is 32.1 Å². The molecule has 1 fully saturated rings. The van der Waals surface area contributed by atoms with Crippen molar-refractivity contribution in [2.24, 2.45) is 5.92 Å². The maximum atomic E-state index is 12.1. The minimum atomic E-state index is -0.345. The summed E-state index contributed by atoms with van der Waals surface area (Å²) in [4.78, 5) is 12.1. The van der Waals surface area contributed by atoms with Gasteiger partial charge in [-0.25, -0.2) is 0 Å². The molecule has 0 saturated heterocycles. The molecule has 2 N–H and O–H groups in total. The Morgan fingerprint density at radius 1 is 1.18 bits per heavy atom. The van der Waals surface area contributed by atoms with Gasteiger partial charge in [-0.2, -0.15) is 0 Å². The number of hydrogen-bond acceptors (Lipinski definition) is 2. The van der Waals surface area contributed by atoms with E-state index < -0.39 is 0 Å². The molecule has 0 bridgehead atoms. The average Bonchev–Trinajstić information content (AvgIpc) is 2.14. The number of aliphatic hydroxyl groups is 1. The number of aliphatic hydroxyl groups excluding tert-OH is 1. The van der Waals surface area contributed by atoms with E-state index in [9.17, 15) is 9.90 Å². The molecule has 1 amide bonds. The molecule has 0 aromatic rings. The minimum Gasteiger partial charge on any atom is -0.393 e. The van der Waals surface area contributed by atoms with Gasteiger partial charge in [-0.3, -0.25) is 4.79 Å². The van der Waals surface area contributed by atoms with Gasteiger partial charge in [0.25, 0.3) is 0 Å². The molecule has 0 aromatic heterocycles. The third-order valence-electron chi connectivity index (χ3n) is 3.56. The maximum Gasteiger partial charge on any atom is 0.223 e.